The Morgan fingerprint density at radius 2 is 2.00 bits per heavy atom. The summed E-state index contributed by atoms with van der Waals surface area (Å²) in [5.74, 6) is 1.03. The van der Waals surface area contributed by atoms with E-state index in [0.717, 1.165) is 13.0 Å². The largest absolute Gasteiger partial charge is 0.370 e. The quantitative estimate of drug-likeness (QED) is 0.601. The molecule has 2 heterocycles. The van der Waals surface area contributed by atoms with Crippen molar-refractivity contribution in [2.45, 2.75) is 26.8 Å². The smallest absolute Gasteiger partial charge is 0.276 e. The first kappa shape index (κ1) is 15.2. The summed E-state index contributed by atoms with van der Waals surface area (Å²) >= 11 is 1.64. The Morgan fingerprint density at radius 3 is 2.57 bits per heavy atom. The summed E-state index contributed by atoms with van der Waals surface area (Å²) in [4.78, 5) is 14.9. The molecule has 6 nitrogen and oxygen atoms in total. The molecule has 21 heavy (non-hydrogen) atoms. The number of hydrogen-bond donors (Lipinski definition) is 2. The van der Waals surface area contributed by atoms with E-state index >= 15 is 0 Å². The van der Waals surface area contributed by atoms with Gasteiger partial charge in [-0.15, -0.1) is 0 Å². The van der Waals surface area contributed by atoms with Gasteiger partial charge in [0.15, 0.2) is 0 Å². The predicted octanol–water partition coefficient (Wildman–Crippen LogP) is 3.79. The number of anilines is 2. The Labute approximate surface area is 127 Å². The highest BCUT2D eigenvalue weighted by atomic mass is 32.1. The molecule has 0 unspecified atom stereocenters. The first-order chi connectivity index (χ1) is 10.1. The van der Waals surface area contributed by atoms with Crippen LogP contribution in [0.5, 0.6) is 0 Å². The highest BCUT2D eigenvalue weighted by molar-refractivity contribution is 7.08. The SMILES string of the molecule is CCCNc1cc([N+](=O)[O-])cc(NCc2cscc2C)n1. The molecule has 0 aliphatic heterocycles. The molecular weight excluding hydrogens is 288 g/mol. The second-order valence-electron chi connectivity index (χ2n) is 4.71. The number of hydrogen-bond acceptors (Lipinski definition) is 6. The number of nitrogens with one attached hydrogen (secondary N) is 2. The van der Waals surface area contributed by atoms with E-state index in [1.54, 1.807) is 11.3 Å². The number of nitro groups is 1. The summed E-state index contributed by atoms with van der Waals surface area (Å²) in [5, 5.41) is 21.4. The molecule has 7 heteroatoms. The van der Waals surface area contributed by atoms with Crippen LogP contribution in [0.4, 0.5) is 17.3 Å². The standard InChI is InChI=1S/C14H18N4O2S/c1-3-4-15-13-5-12(18(19)20)6-14(17-13)16-7-11-9-21-8-10(11)2/h5-6,8-9H,3-4,7H2,1-2H3,(H2,15,16,17). The zero-order valence-electron chi connectivity index (χ0n) is 12.0. The maximum atomic E-state index is 11.0. The molecule has 2 aromatic heterocycles. The molecule has 0 aliphatic rings. The maximum absolute atomic E-state index is 11.0. The van der Waals surface area contributed by atoms with Gasteiger partial charge in [0.25, 0.3) is 5.69 Å². The van der Waals surface area contributed by atoms with Gasteiger partial charge < -0.3 is 10.6 Å². The minimum atomic E-state index is -0.403. The lowest BCUT2D eigenvalue weighted by Gasteiger charge is -2.09. The van der Waals surface area contributed by atoms with Crippen molar-refractivity contribution in [3.63, 3.8) is 0 Å². The average Bonchev–Trinajstić information content (AvgIpc) is 2.88. The molecule has 2 rings (SSSR count). The van der Waals surface area contributed by atoms with Gasteiger partial charge in [-0.2, -0.15) is 11.3 Å². The van der Waals surface area contributed by atoms with Crippen LogP contribution in [0.3, 0.4) is 0 Å². The Kier molecular flexibility index (Phi) is 5.10. The van der Waals surface area contributed by atoms with Crippen LogP contribution in [0.1, 0.15) is 24.5 Å². The number of thiophene rings is 1. The van der Waals surface area contributed by atoms with Gasteiger partial charge in [-0.1, -0.05) is 6.92 Å². The van der Waals surface area contributed by atoms with E-state index in [0.29, 0.717) is 18.2 Å². The van der Waals surface area contributed by atoms with E-state index in [-0.39, 0.29) is 5.69 Å². The Bertz CT molecular complexity index is 627. The van der Waals surface area contributed by atoms with Gasteiger partial charge >= 0.3 is 0 Å². The van der Waals surface area contributed by atoms with Crippen LogP contribution < -0.4 is 10.6 Å². The fourth-order valence-electron chi connectivity index (χ4n) is 1.81. The fraction of sp³-hybridized carbons (Fsp3) is 0.357. The Balaban J connectivity index is 2.15. The molecule has 0 spiro atoms. The van der Waals surface area contributed by atoms with Gasteiger partial charge in [-0.05, 0) is 35.2 Å². The zero-order chi connectivity index (χ0) is 15.2. The molecule has 0 atom stereocenters. The van der Waals surface area contributed by atoms with Gasteiger partial charge in [0.05, 0.1) is 17.1 Å². The third-order valence-corrected chi connectivity index (χ3v) is 3.91. The summed E-state index contributed by atoms with van der Waals surface area (Å²) in [5.41, 5.74) is 2.42. The summed E-state index contributed by atoms with van der Waals surface area (Å²) in [6.07, 6.45) is 0.932. The topological polar surface area (TPSA) is 80.1 Å². The van der Waals surface area contributed by atoms with Gasteiger partial charge in [-0.3, -0.25) is 10.1 Å². The zero-order valence-corrected chi connectivity index (χ0v) is 12.9. The molecule has 0 aromatic carbocycles. The van der Waals surface area contributed by atoms with Crippen LogP contribution in [0, 0.1) is 17.0 Å². The first-order valence-corrected chi connectivity index (χ1v) is 7.70. The monoisotopic (exact) mass is 306 g/mol. The average molecular weight is 306 g/mol. The maximum Gasteiger partial charge on any atom is 0.276 e. The van der Waals surface area contributed by atoms with Crippen molar-refractivity contribution in [1.82, 2.24) is 4.98 Å². The third kappa shape index (κ3) is 4.16. The second-order valence-corrected chi connectivity index (χ2v) is 5.46. The van der Waals surface area contributed by atoms with Crippen molar-refractivity contribution >= 4 is 28.7 Å². The molecule has 2 aromatic rings. The molecule has 0 saturated carbocycles. The van der Waals surface area contributed by atoms with Gasteiger partial charge in [-0.25, -0.2) is 4.98 Å². The van der Waals surface area contributed by atoms with Crippen LogP contribution >= 0.6 is 11.3 Å². The Hall–Kier alpha value is -2.15. The van der Waals surface area contributed by atoms with Gasteiger partial charge in [0, 0.05) is 13.1 Å². The summed E-state index contributed by atoms with van der Waals surface area (Å²) in [6.45, 7) is 5.42. The molecule has 0 bridgehead atoms. The molecular formula is C14H18N4O2S. The van der Waals surface area contributed by atoms with Crippen LogP contribution in [0.15, 0.2) is 22.9 Å². The van der Waals surface area contributed by atoms with Crippen LogP contribution in [-0.2, 0) is 6.54 Å². The van der Waals surface area contributed by atoms with Crippen molar-refractivity contribution in [2.75, 3.05) is 17.2 Å². The van der Waals surface area contributed by atoms with E-state index in [4.69, 9.17) is 0 Å². The first-order valence-electron chi connectivity index (χ1n) is 6.76. The van der Waals surface area contributed by atoms with Gasteiger partial charge in [0.2, 0.25) is 0 Å². The van der Waals surface area contributed by atoms with Crippen LogP contribution in [0.2, 0.25) is 0 Å². The molecule has 2 N–H and O–H groups in total. The minimum Gasteiger partial charge on any atom is -0.370 e. The lowest BCUT2D eigenvalue weighted by atomic mass is 10.2. The van der Waals surface area contributed by atoms with E-state index in [1.165, 1.54) is 23.3 Å². The van der Waals surface area contributed by atoms with Crippen molar-refractivity contribution < 1.29 is 4.92 Å². The van der Waals surface area contributed by atoms with E-state index in [1.807, 2.05) is 13.8 Å². The summed E-state index contributed by atoms with van der Waals surface area (Å²) in [7, 11) is 0. The fourth-order valence-corrected chi connectivity index (χ4v) is 2.67. The van der Waals surface area contributed by atoms with E-state index < -0.39 is 4.92 Å². The van der Waals surface area contributed by atoms with E-state index in [9.17, 15) is 10.1 Å². The summed E-state index contributed by atoms with van der Waals surface area (Å²) in [6, 6.07) is 2.91. The van der Waals surface area contributed by atoms with Crippen LogP contribution in [0.25, 0.3) is 0 Å². The normalized spacial score (nSPS) is 10.4. The number of aromatic nitrogens is 1. The highest BCUT2D eigenvalue weighted by Gasteiger charge is 2.11. The lowest BCUT2D eigenvalue weighted by Crippen LogP contribution is -2.07. The minimum absolute atomic E-state index is 0.0353. The highest BCUT2D eigenvalue weighted by Crippen LogP contribution is 2.22. The predicted molar refractivity (Wildman–Crippen MR) is 86.1 cm³/mol. The molecule has 0 radical (unpaired) electrons. The van der Waals surface area contributed by atoms with Crippen LogP contribution in [-0.4, -0.2) is 16.5 Å². The molecule has 112 valence electrons. The number of rotatable bonds is 7. The second kappa shape index (κ2) is 7.03. The molecule has 0 amide bonds. The van der Waals surface area contributed by atoms with Crippen molar-refractivity contribution in [3.8, 4) is 0 Å². The number of aryl methyl sites for hydroxylation is 1. The Morgan fingerprint density at radius 1 is 1.29 bits per heavy atom. The molecule has 0 fully saturated rings. The van der Waals surface area contributed by atoms with Crippen molar-refractivity contribution in [3.05, 3.63) is 44.1 Å². The summed E-state index contributed by atoms with van der Waals surface area (Å²) < 4.78 is 0. The van der Waals surface area contributed by atoms with Gasteiger partial charge in [0.1, 0.15) is 11.6 Å². The third-order valence-electron chi connectivity index (χ3n) is 3.00. The lowest BCUT2D eigenvalue weighted by molar-refractivity contribution is -0.384. The molecule has 0 saturated heterocycles. The number of nitrogens with zero attached hydrogens (tertiary/aromatic N) is 2. The molecule has 0 aliphatic carbocycles. The van der Waals surface area contributed by atoms with Crippen molar-refractivity contribution in [2.24, 2.45) is 0 Å². The van der Waals surface area contributed by atoms with Crippen molar-refractivity contribution in [1.29, 1.82) is 0 Å². The number of pyridine rings is 1. The van der Waals surface area contributed by atoms with E-state index in [2.05, 4.69) is 26.4 Å².